The first kappa shape index (κ1) is 9.63. The van der Waals surface area contributed by atoms with Crippen molar-refractivity contribution in [3.8, 4) is 0 Å². The standard InChI is InChI=1S/C12H14N2O2/c13-10-9-8(4-7-14-11(9)15)12(16-10)5-2-1-3-6-12/h4,7,13H,1-3,5-6H2,(H,14,15). The lowest BCUT2D eigenvalue weighted by Gasteiger charge is -2.32. The van der Waals surface area contributed by atoms with Crippen LogP contribution in [-0.4, -0.2) is 10.9 Å². The van der Waals surface area contributed by atoms with Gasteiger partial charge in [0.1, 0.15) is 11.2 Å². The first-order chi connectivity index (χ1) is 7.73. The molecule has 3 rings (SSSR count). The minimum Gasteiger partial charge on any atom is -0.466 e. The summed E-state index contributed by atoms with van der Waals surface area (Å²) < 4.78 is 5.70. The third-order valence-corrected chi connectivity index (χ3v) is 3.64. The zero-order valence-electron chi connectivity index (χ0n) is 9.01. The number of hydrogen-bond acceptors (Lipinski definition) is 3. The van der Waals surface area contributed by atoms with Crippen LogP contribution in [0.3, 0.4) is 0 Å². The van der Waals surface area contributed by atoms with Crippen molar-refractivity contribution >= 4 is 5.90 Å². The maximum atomic E-state index is 11.7. The van der Waals surface area contributed by atoms with E-state index in [1.54, 1.807) is 6.20 Å². The van der Waals surface area contributed by atoms with Crippen molar-refractivity contribution in [3.63, 3.8) is 0 Å². The highest BCUT2D eigenvalue weighted by Gasteiger charge is 2.45. The minimum absolute atomic E-state index is 0.0405. The van der Waals surface area contributed by atoms with Crippen molar-refractivity contribution in [2.45, 2.75) is 37.7 Å². The molecule has 4 heteroatoms. The second-order valence-corrected chi connectivity index (χ2v) is 4.58. The van der Waals surface area contributed by atoms with Crippen LogP contribution in [0.5, 0.6) is 0 Å². The van der Waals surface area contributed by atoms with E-state index in [0.717, 1.165) is 31.2 Å². The van der Waals surface area contributed by atoms with Gasteiger partial charge in [-0.05, 0) is 31.7 Å². The molecule has 1 aliphatic heterocycles. The Morgan fingerprint density at radius 3 is 2.81 bits per heavy atom. The number of ether oxygens (including phenoxy) is 1. The lowest BCUT2D eigenvalue weighted by molar-refractivity contribution is 0.0263. The Hall–Kier alpha value is -1.58. The van der Waals surface area contributed by atoms with E-state index in [9.17, 15) is 4.79 Å². The molecule has 0 unspecified atom stereocenters. The minimum atomic E-state index is -0.376. The van der Waals surface area contributed by atoms with E-state index in [0.29, 0.717) is 5.56 Å². The topological polar surface area (TPSA) is 65.9 Å². The number of pyridine rings is 1. The largest absolute Gasteiger partial charge is 0.466 e. The lowest BCUT2D eigenvalue weighted by atomic mass is 9.80. The van der Waals surface area contributed by atoms with E-state index in [1.165, 1.54) is 6.42 Å². The van der Waals surface area contributed by atoms with Crippen molar-refractivity contribution in [3.05, 3.63) is 33.7 Å². The van der Waals surface area contributed by atoms with Crippen molar-refractivity contribution < 1.29 is 4.74 Å². The van der Waals surface area contributed by atoms with Crippen LogP contribution in [0.4, 0.5) is 0 Å². The quantitative estimate of drug-likeness (QED) is 0.698. The molecule has 0 aromatic carbocycles. The van der Waals surface area contributed by atoms with Crippen LogP contribution in [0, 0.1) is 5.41 Å². The predicted octanol–water partition coefficient (Wildman–Crippen LogP) is 1.89. The van der Waals surface area contributed by atoms with Gasteiger partial charge in [0.25, 0.3) is 5.56 Å². The molecule has 16 heavy (non-hydrogen) atoms. The molecule has 2 heterocycles. The van der Waals surface area contributed by atoms with E-state index in [-0.39, 0.29) is 17.1 Å². The maximum absolute atomic E-state index is 11.7. The molecule has 0 saturated heterocycles. The molecule has 1 saturated carbocycles. The molecular weight excluding hydrogens is 204 g/mol. The smallest absolute Gasteiger partial charge is 0.261 e. The summed E-state index contributed by atoms with van der Waals surface area (Å²) in [6.45, 7) is 0. The van der Waals surface area contributed by atoms with Gasteiger partial charge in [0.05, 0.1) is 0 Å². The van der Waals surface area contributed by atoms with E-state index in [4.69, 9.17) is 10.1 Å². The number of hydrogen-bond donors (Lipinski definition) is 2. The Morgan fingerprint density at radius 2 is 2.06 bits per heavy atom. The van der Waals surface area contributed by atoms with Gasteiger partial charge in [-0.25, -0.2) is 0 Å². The summed E-state index contributed by atoms with van der Waals surface area (Å²) in [4.78, 5) is 14.3. The van der Waals surface area contributed by atoms with Gasteiger partial charge in [-0.2, -0.15) is 0 Å². The third kappa shape index (κ3) is 1.16. The van der Waals surface area contributed by atoms with Crippen molar-refractivity contribution in [1.82, 2.24) is 4.98 Å². The van der Waals surface area contributed by atoms with Crippen molar-refractivity contribution in [1.29, 1.82) is 5.41 Å². The van der Waals surface area contributed by atoms with Gasteiger partial charge in [0.2, 0.25) is 5.90 Å². The molecule has 2 aliphatic rings. The SMILES string of the molecule is N=C1OC2(CCCCC2)c2cc[nH]c(=O)c21. The summed E-state index contributed by atoms with van der Waals surface area (Å²) in [6.07, 6.45) is 6.94. The molecular formula is C12H14N2O2. The van der Waals surface area contributed by atoms with E-state index in [2.05, 4.69) is 4.98 Å². The van der Waals surface area contributed by atoms with Crippen LogP contribution >= 0.6 is 0 Å². The summed E-state index contributed by atoms with van der Waals surface area (Å²) in [5.41, 5.74) is 0.772. The summed E-state index contributed by atoms with van der Waals surface area (Å²) in [5, 5.41) is 7.79. The Labute approximate surface area is 93.2 Å². The molecule has 0 radical (unpaired) electrons. The molecule has 1 aromatic rings. The third-order valence-electron chi connectivity index (χ3n) is 3.64. The predicted molar refractivity (Wildman–Crippen MR) is 59.7 cm³/mol. The lowest BCUT2D eigenvalue weighted by Crippen LogP contribution is -2.29. The van der Waals surface area contributed by atoms with Crippen LogP contribution in [-0.2, 0) is 10.3 Å². The molecule has 1 spiro atoms. The van der Waals surface area contributed by atoms with E-state index >= 15 is 0 Å². The summed E-state index contributed by atoms with van der Waals surface area (Å²) in [7, 11) is 0. The van der Waals surface area contributed by atoms with Gasteiger partial charge < -0.3 is 9.72 Å². The second-order valence-electron chi connectivity index (χ2n) is 4.58. The molecule has 0 atom stereocenters. The monoisotopic (exact) mass is 218 g/mol. The summed E-state index contributed by atoms with van der Waals surface area (Å²) in [5.74, 6) is 0.0405. The molecule has 1 fully saturated rings. The molecule has 84 valence electrons. The van der Waals surface area contributed by atoms with E-state index < -0.39 is 0 Å². The second kappa shape index (κ2) is 3.20. The van der Waals surface area contributed by atoms with Gasteiger partial charge in [-0.1, -0.05) is 6.42 Å². The Balaban J connectivity index is 2.18. The fourth-order valence-corrected chi connectivity index (χ4v) is 2.88. The average Bonchev–Trinajstić information content (AvgIpc) is 2.55. The molecule has 4 nitrogen and oxygen atoms in total. The fourth-order valence-electron chi connectivity index (χ4n) is 2.88. The molecule has 0 amide bonds. The zero-order valence-corrected chi connectivity index (χ0v) is 9.01. The maximum Gasteiger partial charge on any atom is 0.261 e. The van der Waals surface area contributed by atoms with Gasteiger partial charge in [-0.3, -0.25) is 10.2 Å². The van der Waals surface area contributed by atoms with Gasteiger partial charge in [0.15, 0.2) is 0 Å². The van der Waals surface area contributed by atoms with Crippen LogP contribution in [0.15, 0.2) is 17.1 Å². The van der Waals surface area contributed by atoms with Gasteiger partial charge >= 0.3 is 0 Å². The number of nitrogens with one attached hydrogen (secondary N) is 2. The van der Waals surface area contributed by atoms with Crippen LogP contribution in [0.2, 0.25) is 0 Å². The molecule has 0 bridgehead atoms. The van der Waals surface area contributed by atoms with Crippen LogP contribution < -0.4 is 5.56 Å². The van der Waals surface area contributed by atoms with Crippen LogP contribution in [0.25, 0.3) is 0 Å². The first-order valence-electron chi connectivity index (χ1n) is 5.73. The molecule has 1 aliphatic carbocycles. The average molecular weight is 218 g/mol. The van der Waals surface area contributed by atoms with Crippen LogP contribution in [0.1, 0.15) is 43.2 Å². The van der Waals surface area contributed by atoms with Gasteiger partial charge in [-0.15, -0.1) is 0 Å². The van der Waals surface area contributed by atoms with Gasteiger partial charge in [0, 0.05) is 11.8 Å². The normalized spacial score (nSPS) is 21.9. The first-order valence-corrected chi connectivity index (χ1v) is 5.73. The molecule has 2 N–H and O–H groups in total. The number of H-pyrrole nitrogens is 1. The Kier molecular flexibility index (Phi) is 1.93. The summed E-state index contributed by atoms with van der Waals surface area (Å²) >= 11 is 0. The Morgan fingerprint density at radius 1 is 1.31 bits per heavy atom. The highest BCUT2D eigenvalue weighted by Crippen LogP contribution is 2.45. The van der Waals surface area contributed by atoms with Crippen molar-refractivity contribution in [2.24, 2.45) is 0 Å². The summed E-state index contributed by atoms with van der Waals surface area (Å²) in [6, 6.07) is 1.89. The van der Waals surface area contributed by atoms with Crippen molar-refractivity contribution in [2.75, 3.05) is 0 Å². The highest BCUT2D eigenvalue weighted by atomic mass is 16.5. The Bertz CT molecular complexity index is 498. The number of aromatic nitrogens is 1. The molecule has 1 aromatic heterocycles. The number of rotatable bonds is 0. The zero-order chi connectivity index (χ0) is 11.2. The number of aromatic amines is 1. The number of fused-ring (bicyclic) bond motifs is 2. The highest BCUT2D eigenvalue weighted by molar-refractivity contribution is 5.96. The fraction of sp³-hybridized carbons (Fsp3) is 0.500. The van der Waals surface area contributed by atoms with E-state index in [1.807, 2.05) is 6.07 Å².